The SMILES string of the molecule is CCOC(=O)N/N=C(/C)c1cccc(NC(=O)C2CC2)c1. The van der Waals surface area contributed by atoms with Crippen LogP contribution in [0.25, 0.3) is 0 Å². The number of amides is 2. The van der Waals surface area contributed by atoms with E-state index in [1.807, 2.05) is 24.3 Å². The molecule has 6 heteroatoms. The number of carbonyl (C=O) groups is 2. The molecule has 0 radical (unpaired) electrons. The lowest BCUT2D eigenvalue weighted by atomic mass is 10.1. The zero-order chi connectivity index (χ0) is 15.2. The Morgan fingerprint density at radius 2 is 2.14 bits per heavy atom. The zero-order valence-electron chi connectivity index (χ0n) is 12.2. The molecule has 0 atom stereocenters. The second-order valence-corrected chi connectivity index (χ2v) is 4.87. The van der Waals surface area contributed by atoms with E-state index in [9.17, 15) is 9.59 Å². The lowest BCUT2D eigenvalue weighted by molar-refractivity contribution is -0.117. The average molecular weight is 289 g/mol. The molecule has 2 N–H and O–H groups in total. The van der Waals surface area contributed by atoms with Crippen LogP contribution in [0.15, 0.2) is 29.4 Å². The first kappa shape index (κ1) is 15.0. The zero-order valence-corrected chi connectivity index (χ0v) is 12.2. The summed E-state index contributed by atoms with van der Waals surface area (Å²) in [5.41, 5.74) is 4.49. The van der Waals surface area contributed by atoms with Crippen molar-refractivity contribution in [3.63, 3.8) is 0 Å². The van der Waals surface area contributed by atoms with E-state index in [1.54, 1.807) is 13.8 Å². The highest BCUT2D eigenvalue weighted by molar-refractivity contribution is 6.01. The molecule has 6 nitrogen and oxygen atoms in total. The fraction of sp³-hybridized carbons (Fsp3) is 0.400. The van der Waals surface area contributed by atoms with E-state index >= 15 is 0 Å². The van der Waals surface area contributed by atoms with Crippen LogP contribution in [0.5, 0.6) is 0 Å². The van der Waals surface area contributed by atoms with Crippen molar-refractivity contribution < 1.29 is 14.3 Å². The predicted octanol–water partition coefficient (Wildman–Crippen LogP) is 2.51. The molecule has 0 aliphatic heterocycles. The van der Waals surface area contributed by atoms with Crippen LogP contribution < -0.4 is 10.7 Å². The Morgan fingerprint density at radius 1 is 1.38 bits per heavy atom. The third kappa shape index (κ3) is 4.59. The van der Waals surface area contributed by atoms with Gasteiger partial charge in [0.15, 0.2) is 0 Å². The van der Waals surface area contributed by atoms with E-state index in [2.05, 4.69) is 15.8 Å². The van der Waals surface area contributed by atoms with E-state index in [1.165, 1.54) is 0 Å². The summed E-state index contributed by atoms with van der Waals surface area (Å²) in [7, 11) is 0. The van der Waals surface area contributed by atoms with Crippen molar-refractivity contribution in [3.05, 3.63) is 29.8 Å². The first-order valence-electron chi connectivity index (χ1n) is 6.98. The van der Waals surface area contributed by atoms with E-state index in [0.717, 1.165) is 24.1 Å². The van der Waals surface area contributed by atoms with E-state index in [0.29, 0.717) is 12.3 Å². The molecule has 2 amide bonds. The highest BCUT2D eigenvalue weighted by Gasteiger charge is 2.29. The lowest BCUT2D eigenvalue weighted by Gasteiger charge is -2.07. The third-order valence-electron chi connectivity index (χ3n) is 3.09. The van der Waals surface area contributed by atoms with Gasteiger partial charge in [0.05, 0.1) is 12.3 Å². The summed E-state index contributed by atoms with van der Waals surface area (Å²) in [6.45, 7) is 3.79. The summed E-state index contributed by atoms with van der Waals surface area (Å²) >= 11 is 0. The van der Waals surface area contributed by atoms with Crippen LogP contribution in [-0.4, -0.2) is 24.3 Å². The van der Waals surface area contributed by atoms with E-state index in [4.69, 9.17) is 4.74 Å². The number of hydrogen-bond donors (Lipinski definition) is 2. The van der Waals surface area contributed by atoms with Gasteiger partial charge in [-0.2, -0.15) is 5.10 Å². The van der Waals surface area contributed by atoms with Gasteiger partial charge in [-0.15, -0.1) is 0 Å². The first-order chi connectivity index (χ1) is 10.1. The normalized spacial score (nSPS) is 14.5. The fourth-order valence-electron chi connectivity index (χ4n) is 1.77. The Hall–Kier alpha value is -2.37. The molecular weight excluding hydrogens is 270 g/mol. The summed E-state index contributed by atoms with van der Waals surface area (Å²) in [4.78, 5) is 22.9. The molecule has 1 aliphatic rings. The first-order valence-corrected chi connectivity index (χ1v) is 6.98. The smallest absolute Gasteiger partial charge is 0.427 e. The third-order valence-corrected chi connectivity index (χ3v) is 3.09. The molecular formula is C15H19N3O3. The van der Waals surface area contributed by atoms with Crippen molar-refractivity contribution in [2.45, 2.75) is 26.7 Å². The second-order valence-electron chi connectivity index (χ2n) is 4.87. The van der Waals surface area contributed by atoms with Crippen molar-refractivity contribution in [1.82, 2.24) is 5.43 Å². The molecule has 0 aromatic heterocycles. The number of ether oxygens (including phenoxy) is 1. The molecule has 0 bridgehead atoms. The van der Waals surface area contributed by atoms with Gasteiger partial charge in [0.2, 0.25) is 5.91 Å². The number of nitrogens with zero attached hydrogens (tertiary/aromatic N) is 1. The van der Waals surface area contributed by atoms with Crippen LogP contribution in [0.3, 0.4) is 0 Å². The minimum absolute atomic E-state index is 0.0615. The Morgan fingerprint density at radius 3 is 2.81 bits per heavy atom. The molecule has 0 saturated heterocycles. The Bertz CT molecular complexity index is 565. The van der Waals surface area contributed by atoms with Crippen LogP contribution in [0.4, 0.5) is 10.5 Å². The second kappa shape index (κ2) is 6.88. The maximum atomic E-state index is 11.7. The molecule has 0 unspecified atom stereocenters. The summed E-state index contributed by atoms with van der Waals surface area (Å²) in [6, 6.07) is 7.35. The van der Waals surface area contributed by atoms with Crippen LogP contribution in [0.2, 0.25) is 0 Å². The van der Waals surface area contributed by atoms with Gasteiger partial charge < -0.3 is 10.1 Å². The molecule has 0 spiro atoms. The van der Waals surface area contributed by atoms with Crippen molar-refractivity contribution in [2.24, 2.45) is 11.0 Å². The van der Waals surface area contributed by atoms with Crippen LogP contribution >= 0.6 is 0 Å². The predicted molar refractivity (Wildman–Crippen MR) is 80.2 cm³/mol. The highest BCUT2D eigenvalue weighted by Crippen LogP contribution is 2.30. The van der Waals surface area contributed by atoms with Gasteiger partial charge in [0.25, 0.3) is 0 Å². The van der Waals surface area contributed by atoms with Crippen molar-refractivity contribution in [2.75, 3.05) is 11.9 Å². The Balaban J connectivity index is 2.00. The minimum Gasteiger partial charge on any atom is -0.449 e. The summed E-state index contributed by atoms with van der Waals surface area (Å²) in [5.74, 6) is 0.222. The van der Waals surface area contributed by atoms with E-state index in [-0.39, 0.29) is 11.8 Å². The summed E-state index contributed by atoms with van der Waals surface area (Å²) < 4.78 is 4.72. The molecule has 1 aliphatic carbocycles. The monoisotopic (exact) mass is 289 g/mol. The van der Waals surface area contributed by atoms with Gasteiger partial charge in [-0.05, 0) is 44.4 Å². The number of hydrogen-bond acceptors (Lipinski definition) is 4. The van der Waals surface area contributed by atoms with Crippen LogP contribution in [-0.2, 0) is 9.53 Å². The quantitative estimate of drug-likeness (QED) is 0.645. The van der Waals surface area contributed by atoms with Gasteiger partial charge >= 0.3 is 6.09 Å². The van der Waals surface area contributed by atoms with Gasteiger partial charge in [0, 0.05) is 11.6 Å². The number of benzene rings is 1. The molecule has 112 valence electrons. The van der Waals surface area contributed by atoms with Crippen molar-refractivity contribution in [1.29, 1.82) is 0 Å². The number of hydrazone groups is 1. The average Bonchev–Trinajstić information content (AvgIpc) is 3.30. The molecule has 21 heavy (non-hydrogen) atoms. The minimum atomic E-state index is -0.588. The highest BCUT2D eigenvalue weighted by atomic mass is 16.5. The van der Waals surface area contributed by atoms with Crippen molar-refractivity contribution >= 4 is 23.4 Å². The lowest BCUT2D eigenvalue weighted by Crippen LogP contribution is -2.20. The summed E-state index contributed by atoms with van der Waals surface area (Å²) in [6.07, 6.45) is 1.35. The fourth-order valence-corrected chi connectivity index (χ4v) is 1.77. The Labute approximate surface area is 123 Å². The topological polar surface area (TPSA) is 79.8 Å². The molecule has 1 aromatic rings. The summed E-state index contributed by atoms with van der Waals surface area (Å²) in [5, 5.41) is 6.84. The van der Waals surface area contributed by atoms with E-state index < -0.39 is 6.09 Å². The molecule has 1 saturated carbocycles. The number of anilines is 1. The maximum absolute atomic E-state index is 11.7. The maximum Gasteiger partial charge on any atom is 0.427 e. The van der Waals surface area contributed by atoms with Gasteiger partial charge in [-0.1, -0.05) is 12.1 Å². The van der Waals surface area contributed by atoms with Crippen LogP contribution in [0.1, 0.15) is 32.3 Å². The molecule has 0 heterocycles. The van der Waals surface area contributed by atoms with Crippen LogP contribution in [0, 0.1) is 5.92 Å². The van der Waals surface area contributed by atoms with Gasteiger partial charge in [0.1, 0.15) is 0 Å². The number of rotatable bonds is 5. The van der Waals surface area contributed by atoms with Gasteiger partial charge in [-0.25, -0.2) is 10.2 Å². The number of carbonyl (C=O) groups excluding carboxylic acids is 2. The van der Waals surface area contributed by atoms with Crippen molar-refractivity contribution in [3.8, 4) is 0 Å². The molecule has 1 aromatic carbocycles. The van der Waals surface area contributed by atoms with Gasteiger partial charge in [-0.3, -0.25) is 4.79 Å². The molecule has 2 rings (SSSR count). The Kier molecular flexibility index (Phi) is 4.92. The number of nitrogens with one attached hydrogen (secondary N) is 2. The standard InChI is InChI=1S/C15H19N3O3/c1-3-21-15(20)18-17-10(2)12-5-4-6-13(9-12)16-14(19)11-7-8-11/h4-6,9,11H,3,7-8H2,1-2H3,(H,16,19)(H,18,20)/b17-10-. The molecule has 1 fully saturated rings. The largest absolute Gasteiger partial charge is 0.449 e.